The Morgan fingerprint density at radius 2 is 2.04 bits per heavy atom. The number of benzene rings is 1. The lowest BCUT2D eigenvalue weighted by molar-refractivity contribution is -0.122. The van der Waals surface area contributed by atoms with Gasteiger partial charge in [0.05, 0.1) is 6.54 Å². The first-order valence-electron chi connectivity index (χ1n) is 9.22. The van der Waals surface area contributed by atoms with Crippen LogP contribution in [0.4, 0.5) is 0 Å². The summed E-state index contributed by atoms with van der Waals surface area (Å²) in [5.74, 6) is 1.29. The third-order valence-electron chi connectivity index (χ3n) is 4.56. The van der Waals surface area contributed by atoms with Crippen molar-refractivity contribution in [2.75, 3.05) is 46.3 Å². The number of likely N-dealkylation sites (N-methyl/N-ethyl adjacent to an activating group) is 1. The molecule has 7 nitrogen and oxygen atoms in total. The third kappa shape index (κ3) is 5.93. The van der Waals surface area contributed by atoms with Crippen LogP contribution >= 0.6 is 0 Å². The second-order valence-electron chi connectivity index (χ2n) is 6.80. The van der Waals surface area contributed by atoms with E-state index in [1.165, 1.54) is 0 Å². The van der Waals surface area contributed by atoms with Gasteiger partial charge < -0.3 is 14.7 Å². The maximum absolute atomic E-state index is 12.1. The van der Waals surface area contributed by atoms with E-state index in [4.69, 9.17) is 4.52 Å². The first-order valence-corrected chi connectivity index (χ1v) is 9.22. The number of carbonyl (C=O) groups is 1. The van der Waals surface area contributed by atoms with Gasteiger partial charge in [0.15, 0.2) is 5.82 Å². The fraction of sp³-hybridized carbons (Fsp3) is 0.526. The molecule has 0 spiro atoms. The van der Waals surface area contributed by atoms with Crippen LogP contribution in [0, 0.1) is 0 Å². The second-order valence-corrected chi connectivity index (χ2v) is 6.80. The summed E-state index contributed by atoms with van der Waals surface area (Å²) < 4.78 is 5.27. The van der Waals surface area contributed by atoms with Gasteiger partial charge in [-0.2, -0.15) is 4.98 Å². The molecule has 0 saturated carbocycles. The zero-order chi connectivity index (χ0) is 18.2. The van der Waals surface area contributed by atoms with Crippen LogP contribution in [0.2, 0.25) is 0 Å². The normalized spacial score (nSPS) is 16.3. The van der Waals surface area contributed by atoms with E-state index in [0.717, 1.165) is 38.2 Å². The van der Waals surface area contributed by atoms with E-state index in [2.05, 4.69) is 32.3 Å². The van der Waals surface area contributed by atoms with Crippen molar-refractivity contribution >= 4 is 5.91 Å². The van der Waals surface area contributed by atoms with Crippen molar-refractivity contribution < 1.29 is 9.32 Å². The number of aromatic nitrogens is 2. The molecular weight excluding hydrogens is 330 g/mol. The molecule has 3 rings (SSSR count). The van der Waals surface area contributed by atoms with Gasteiger partial charge in [-0.3, -0.25) is 9.69 Å². The summed E-state index contributed by atoms with van der Waals surface area (Å²) in [6.07, 6.45) is 2.31. The Morgan fingerprint density at radius 3 is 2.88 bits per heavy atom. The SMILES string of the molecule is CN1CCCN(CC(=O)NCCc2nc(Cc3ccccc3)no2)CC1. The number of rotatable bonds is 7. The Balaban J connectivity index is 1.37. The predicted molar refractivity (Wildman–Crippen MR) is 98.8 cm³/mol. The zero-order valence-corrected chi connectivity index (χ0v) is 15.4. The predicted octanol–water partition coefficient (Wildman–Crippen LogP) is 0.957. The Labute approximate surface area is 154 Å². The van der Waals surface area contributed by atoms with E-state index in [1.807, 2.05) is 30.3 Å². The lowest BCUT2D eigenvalue weighted by atomic mass is 10.1. The van der Waals surface area contributed by atoms with E-state index in [-0.39, 0.29) is 5.91 Å². The number of hydrogen-bond donors (Lipinski definition) is 1. The molecule has 1 aromatic carbocycles. The number of nitrogens with zero attached hydrogens (tertiary/aromatic N) is 4. The van der Waals surface area contributed by atoms with Crippen LogP contribution in [0.3, 0.4) is 0 Å². The molecule has 0 unspecified atom stereocenters. The van der Waals surface area contributed by atoms with Crippen molar-refractivity contribution in [1.82, 2.24) is 25.3 Å². The summed E-state index contributed by atoms with van der Waals surface area (Å²) in [5.41, 5.74) is 1.15. The number of nitrogens with one attached hydrogen (secondary N) is 1. The van der Waals surface area contributed by atoms with Crippen LogP contribution in [0.25, 0.3) is 0 Å². The summed E-state index contributed by atoms with van der Waals surface area (Å²) in [6.45, 7) is 5.00. The molecule has 1 saturated heterocycles. The van der Waals surface area contributed by atoms with E-state index >= 15 is 0 Å². The summed E-state index contributed by atoms with van der Waals surface area (Å²) in [6, 6.07) is 10.0. The van der Waals surface area contributed by atoms with Crippen molar-refractivity contribution in [3.05, 3.63) is 47.6 Å². The summed E-state index contributed by atoms with van der Waals surface area (Å²) >= 11 is 0. The van der Waals surface area contributed by atoms with Gasteiger partial charge in [0.2, 0.25) is 11.8 Å². The molecule has 0 radical (unpaired) electrons. The Morgan fingerprint density at radius 1 is 1.19 bits per heavy atom. The highest BCUT2D eigenvalue weighted by molar-refractivity contribution is 5.77. The minimum Gasteiger partial charge on any atom is -0.354 e. The second kappa shape index (κ2) is 9.45. The van der Waals surface area contributed by atoms with E-state index in [0.29, 0.717) is 37.6 Å². The Bertz CT molecular complexity index is 688. The molecule has 26 heavy (non-hydrogen) atoms. The van der Waals surface area contributed by atoms with E-state index in [1.54, 1.807) is 0 Å². The van der Waals surface area contributed by atoms with Gasteiger partial charge >= 0.3 is 0 Å². The lowest BCUT2D eigenvalue weighted by Crippen LogP contribution is -2.39. The highest BCUT2D eigenvalue weighted by atomic mass is 16.5. The van der Waals surface area contributed by atoms with Crippen LogP contribution in [0.5, 0.6) is 0 Å². The first-order chi connectivity index (χ1) is 12.7. The molecule has 2 aromatic rings. The number of carbonyl (C=O) groups excluding carboxylic acids is 1. The van der Waals surface area contributed by atoms with Crippen LogP contribution in [-0.4, -0.2) is 72.2 Å². The molecule has 1 amide bonds. The standard InChI is InChI=1S/C19H27N5O2/c1-23-10-5-11-24(13-12-23)15-18(25)20-9-8-19-21-17(22-26-19)14-16-6-3-2-4-7-16/h2-4,6-7H,5,8-15H2,1H3,(H,20,25). The maximum atomic E-state index is 12.1. The van der Waals surface area contributed by atoms with Crippen LogP contribution < -0.4 is 5.32 Å². The molecule has 0 bridgehead atoms. The van der Waals surface area contributed by atoms with Gasteiger partial charge in [0, 0.05) is 32.5 Å². The highest BCUT2D eigenvalue weighted by Gasteiger charge is 2.15. The number of amides is 1. The zero-order valence-electron chi connectivity index (χ0n) is 15.4. The monoisotopic (exact) mass is 357 g/mol. The average Bonchev–Trinajstić information content (AvgIpc) is 2.97. The highest BCUT2D eigenvalue weighted by Crippen LogP contribution is 2.06. The van der Waals surface area contributed by atoms with E-state index in [9.17, 15) is 4.79 Å². The quantitative estimate of drug-likeness (QED) is 0.795. The van der Waals surface area contributed by atoms with Gasteiger partial charge in [-0.1, -0.05) is 35.5 Å². The molecule has 2 heterocycles. The molecule has 1 aromatic heterocycles. The summed E-state index contributed by atoms with van der Waals surface area (Å²) in [7, 11) is 2.13. The van der Waals surface area contributed by atoms with Gasteiger partial charge in [-0.25, -0.2) is 0 Å². The summed E-state index contributed by atoms with van der Waals surface area (Å²) in [5, 5.41) is 6.96. The van der Waals surface area contributed by atoms with Crippen LogP contribution in [0.15, 0.2) is 34.9 Å². The molecule has 0 aliphatic carbocycles. The van der Waals surface area contributed by atoms with Crippen LogP contribution in [0.1, 0.15) is 23.7 Å². The minimum atomic E-state index is 0.0542. The van der Waals surface area contributed by atoms with E-state index < -0.39 is 0 Å². The lowest BCUT2D eigenvalue weighted by Gasteiger charge is -2.19. The van der Waals surface area contributed by atoms with Gasteiger partial charge in [0.1, 0.15) is 0 Å². The Hall–Kier alpha value is -2.25. The molecule has 140 valence electrons. The first kappa shape index (κ1) is 18.5. The van der Waals surface area contributed by atoms with Crippen molar-refractivity contribution in [3.63, 3.8) is 0 Å². The summed E-state index contributed by atoms with van der Waals surface area (Å²) in [4.78, 5) is 21.0. The molecule has 1 fully saturated rings. The largest absolute Gasteiger partial charge is 0.354 e. The van der Waals surface area contributed by atoms with Gasteiger partial charge in [0.25, 0.3) is 0 Å². The number of hydrogen-bond acceptors (Lipinski definition) is 6. The topological polar surface area (TPSA) is 74.5 Å². The smallest absolute Gasteiger partial charge is 0.234 e. The van der Waals surface area contributed by atoms with Crippen molar-refractivity contribution in [2.45, 2.75) is 19.3 Å². The maximum Gasteiger partial charge on any atom is 0.234 e. The molecule has 0 atom stereocenters. The van der Waals surface area contributed by atoms with Gasteiger partial charge in [-0.15, -0.1) is 0 Å². The van der Waals surface area contributed by atoms with Crippen molar-refractivity contribution in [2.24, 2.45) is 0 Å². The fourth-order valence-corrected chi connectivity index (χ4v) is 3.07. The molecule has 1 N–H and O–H groups in total. The van der Waals surface area contributed by atoms with Crippen molar-refractivity contribution in [1.29, 1.82) is 0 Å². The molecule has 7 heteroatoms. The molecule has 1 aliphatic rings. The fourth-order valence-electron chi connectivity index (χ4n) is 3.07. The van der Waals surface area contributed by atoms with Gasteiger partial charge in [-0.05, 0) is 32.1 Å². The molecular formula is C19H27N5O2. The third-order valence-corrected chi connectivity index (χ3v) is 4.56. The average molecular weight is 357 g/mol. The van der Waals surface area contributed by atoms with Crippen LogP contribution in [-0.2, 0) is 17.6 Å². The Kier molecular flexibility index (Phi) is 6.74. The minimum absolute atomic E-state index is 0.0542. The molecule has 1 aliphatic heterocycles. The van der Waals surface area contributed by atoms with Crippen molar-refractivity contribution in [3.8, 4) is 0 Å².